The lowest BCUT2D eigenvalue weighted by Gasteiger charge is -2.20. The molecule has 1 aromatic heterocycles. The molecule has 2 nitrogen and oxygen atoms in total. The van der Waals surface area contributed by atoms with Gasteiger partial charge in [-0.15, -0.1) is 0 Å². The number of rotatable bonds is 3. The van der Waals surface area contributed by atoms with Gasteiger partial charge < -0.3 is 0 Å². The molecule has 1 heterocycles. The van der Waals surface area contributed by atoms with E-state index in [9.17, 15) is 0 Å². The van der Waals surface area contributed by atoms with Crippen LogP contribution in [0.4, 0.5) is 0 Å². The van der Waals surface area contributed by atoms with Crippen molar-refractivity contribution in [1.29, 1.82) is 0 Å². The minimum Gasteiger partial charge on any atom is -0.238 e. The molecule has 2 bridgehead atoms. The second-order valence-electron chi connectivity index (χ2n) is 5.57. The first-order valence-corrected chi connectivity index (χ1v) is 7.17. The van der Waals surface area contributed by atoms with E-state index < -0.39 is 0 Å². The average Bonchev–Trinajstić information content (AvgIpc) is 2.90. The molecule has 2 fully saturated rings. The van der Waals surface area contributed by atoms with Crippen LogP contribution >= 0.6 is 11.6 Å². The smallest absolute Gasteiger partial charge is 0.133 e. The van der Waals surface area contributed by atoms with Gasteiger partial charge in [0.25, 0.3) is 0 Å². The lowest BCUT2D eigenvalue weighted by molar-refractivity contribution is 0.404. The number of nitrogens with zero attached hydrogens (tertiary/aromatic N) is 2. The zero-order valence-electron chi connectivity index (χ0n) is 10.3. The number of aryl methyl sites for hydroxylation is 1. The molecule has 0 aliphatic heterocycles. The molecule has 0 N–H and O–H groups in total. The summed E-state index contributed by atoms with van der Waals surface area (Å²) >= 11 is 6.12. The van der Waals surface area contributed by atoms with Gasteiger partial charge in [0.15, 0.2) is 0 Å². The van der Waals surface area contributed by atoms with E-state index in [2.05, 4.69) is 11.9 Å². The molecule has 0 amide bonds. The van der Waals surface area contributed by atoms with Crippen LogP contribution in [0.3, 0.4) is 0 Å². The normalized spacial score (nSPS) is 31.1. The van der Waals surface area contributed by atoms with Gasteiger partial charge in [0.1, 0.15) is 11.0 Å². The zero-order chi connectivity index (χ0) is 11.8. The third kappa shape index (κ3) is 2.20. The molecule has 92 valence electrons. The topological polar surface area (TPSA) is 25.8 Å². The third-order valence-electron chi connectivity index (χ3n) is 4.34. The molecule has 0 saturated heterocycles. The molecule has 0 radical (unpaired) electrons. The van der Waals surface area contributed by atoms with Crippen LogP contribution in [0.25, 0.3) is 0 Å². The highest BCUT2D eigenvalue weighted by atomic mass is 35.5. The largest absolute Gasteiger partial charge is 0.238 e. The summed E-state index contributed by atoms with van der Waals surface area (Å²) < 4.78 is 0. The van der Waals surface area contributed by atoms with Gasteiger partial charge in [-0.25, -0.2) is 9.97 Å². The average molecular weight is 251 g/mol. The molecule has 0 spiro atoms. The Bertz CT molecular complexity index is 419. The van der Waals surface area contributed by atoms with Crippen LogP contribution in [0.15, 0.2) is 6.07 Å². The summed E-state index contributed by atoms with van der Waals surface area (Å²) in [7, 11) is 0. The fourth-order valence-electron chi connectivity index (χ4n) is 3.59. The van der Waals surface area contributed by atoms with Crippen molar-refractivity contribution < 1.29 is 0 Å². The number of hydrogen-bond acceptors (Lipinski definition) is 2. The van der Waals surface area contributed by atoms with Crippen LogP contribution in [-0.4, -0.2) is 9.97 Å². The number of halogens is 1. The summed E-state index contributed by atoms with van der Waals surface area (Å²) in [6.45, 7) is 2.17. The van der Waals surface area contributed by atoms with Gasteiger partial charge >= 0.3 is 0 Å². The van der Waals surface area contributed by atoms with Gasteiger partial charge in [0.05, 0.1) is 0 Å². The minimum atomic E-state index is 0.586. The second-order valence-corrected chi connectivity index (χ2v) is 5.96. The highest BCUT2D eigenvalue weighted by molar-refractivity contribution is 6.29. The predicted molar refractivity (Wildman–Crippen MR) is 69.2 cm³/mol. The summed E-state index contributed by atoms with van der Waals surface area (Å²) in [5, 5.41) is 0.626. The fraction of sp³-hybridized carbons (Fsp3) is 0.714. The third-order valence-corrected chi connectivity index (χ3v) is 4.53. The van der Waals surface area contributed by atoms with Gasteiger partial charge in [0.2, 0.25) is 0 Å². The van der Waals surface area contributed by atoms with E-state index in [1.165, 1.54) is 25.7 Å². The Kier molecular flexibility index (Phi) is 3.08. The van der Waals surface area contributed by atoms with Crippen LogP contribution in [-0.2, 0) is 6.42 Å². The van der Waals surface area contributed by atoms with Crippen molar-refractivity contribution in [2.75, 3.05) is 0 Å². The number of fused-ring (bicyclic) bond motifs is 2. The van der Waals surface area contributed by atoms with Crippen molar-refractivity contribution in [2.24, 2.45) is 11.8 Å². The molecule has 3 atom stereocenters. The van der Waals surface area contributed by atoms with E-state index in [4.69, 9.17) is 16.6 Å². The molecular formula is C14H19ClN2. The maximum absolute atomic E-state index is 6.12. The van der Waals surface area contributed by atoms with Gasteiger partial charge in [-0.3, -0.25) is 0 Å². The lowest BCUT2D eigenvalue weighted by atomic mass is 9.88. The number of aromatic nitrogens is 2. The Morgan fingerprint density at radius 2 is 2.18 bits per heavy atom. The molecule has 3 rings (SSSR count). The van der Waals surface area contributed by atoms with Crippen LogP contribution in [0.2, 0.25) is 5.15 Å². The zero-order valence-corrected chi connectivity index (χ0v) is 11.1. The molecule has 17 heavy (non-hydrogen) atoms. The molecule has 2 saturated carbocycles. The maximum atomic E-state index is 6.12. The summed E-state index contributed by atoms with van der Waals surface area (Å²) in [4.78, 5) is 9.20. The van der Waals surface area contributed by atoms with Gasteiger partial charge in [-0.05, 0) is 43.6 Å². The van der Waals surface area contributed by atoms with Crippen molar-refractivity contribution in [1.82, 2.24) is 9.97 Å². The van der Waals surface area contributed by atoms with Crippen LogP contribution in [0, 0.1) is 11.8 Å². The Morgan fingerprint density at radius 3 is 2.82 bits per heavy atom. The molecule has 2 aliphatic carbocycles. The van der Waals surface area contributed by atoms with Crippen molar-refractivity contribution >= 4 is 11.6 Å². The Balaban J connectivity index is 1.87. The van der Waals surface area contributed by atoms with E-state index in [0.29, 0.717) is 11.1 Å². The first kappa shape index (κ1) is 11.5. The second kappa shape index (κ2) is 4.56. The van der Waals surface area contributed by atoms with Crippen LogP contribution in [0.1, 0.15) is 56.5 Å². The summed E-state index contributed by atoms with van der Waals surface area (Å²) in [5.74, 6) is 3.37. The van der Waals surface area contributed by atoms with Crippen LogP contribution in [0.5, 0.6) is 0 Å². The quantitative estimate of drug-likeness (QED) is 0.759. The first-order chi connectivity index (χ1) is 8.26. The summed E-state index contributed by atoms with van der Waals surface area (Å²) in [6.07, 6.45) is 7.59. The Morgan fingerprint density at radius 1 is 1.29 bits per heavy atom. The summed E-state index contributed by atoms with van der Waals surface area (Å²) in [6, 6.07) is 1.92. The van der Waals surface area contributed by atoms with Gasteiger partial charge in [-0.1, -0.05) is 31.4 Å². The molecule has 1 aromatic rings. The Hall–Kier alpha value is -0.630. The molecule has 3 unspecified atom stereocenters. The molecule has 0 aromatic carbocycles. The van der Waals surface area contributed by atoms with Crippen molar-refractivity contribution in [3.63, 3.8) is 0 Å². The fourth-order valence-corrected chi connectivity index (χ4v) is 3.81. The highest BCUT2D eigenvalue weighted by Gasteiger charge is 2.41. The van der Waals surface area contributed by atoms with E-state index in [1.807, 2.05) is 6.07 Å². The van der Waals surface area contributed by atoms with Gasteiger partial charge in [0, 0.05) is 11.6 Å². The van der Waals surface area contributed by atoms with Crippen LogP contribution < -0.4 is 0 Å². The molecular weight excluding hydrogens is 232 g/mol. The monoisotopic (exact) mass is 250 g/mol. The maximum Gasteiger partial charge on any atom is 0.133 e. The van der Waals surface area contributed by atoms with E-state index in [1.54, 1.807) is 0 Å². The van der Waals surface area contributed by atoms with Crippen molar-refractivity contribution in [2.45, 2.75) is 51.4 Å². The number of hydrogen-bond donors (Lipinski definition) is 0. The first-order valence-electron chi connectivity index (χ1n) is 6.79. The van der Waals surface area contributed by atoms with Crippen molar-refractivity contribution in [3.8, 4) is 0 Å². The lowest BCUT2D eigenvalue weighted by Crippen LogP contribution is -2.13. The van der Waals surface area contributed by atoms with Crippen molar-refractivity contribution in [3.05, 3.63) is 22.7 Å². The SMILES string of the molecule is CCCc1cc(Cl)nc(C2CC3CCC2C3)n1. The Labute approximate surface area is 108 Å². The summed E-state index contributed by atoms with van der Waals surface area (Å²) in [5.41, 5.74) is 1.12. The van der Waals surface area contributed by atoms with E-state index >= 15 is 0 Å². The molecule has 2 aliphatic rings. The minimum absolute atomic E-state index is 0.586. The standard InChI is InChI=1S/C14H19ClN2/c1-2-3-11-8-13(15)17-14(16-11)12-7-9-4-5-10(12)6-9/h8-10,12H,2-7H2,1H3. The predicted octanol–water partition coefficient (Wildman–Crippen LogP) is 3.99. The molecule has 3 heteroatoms. The van der Waals surface area contributed by atoms with Gasteiger partial charge in [-0.2, -0.15) is 0 Å². The highest BCUT2D eigenvalue weighted by Crippen LogP contribution is 2.52. The van der Waals surface area contributed by atoms with E-state index in [0.717, 1.165) is 36.2 Å². The van der Waals surface area contributed by atoms with E-state index in [-0.39, 0.29) is 0 Å².